The quantitative estimate of drug-likeness (QED) is 0.321. The average molecular weight is 497 g/mol. The van der Waals surface area contributed by atoms with E-state index < -0.39 is 0 Å². The SMILES string of the molecule is CC(C)N(Cc1nn(-c2ccccc2)c2c1CN(Cc1ccc(F)cc1)CC2)C(=O)Cc1ccccc1. The van der Waals surface area contributed by atoms with E-state index in [9.17, 15) is 9.18 Å². The van der Waals surface area contributed by atoms with Crippen LogP contribution in [0.15, 0.2) is 84.9 Å². The summed E-state index contributed by atoms with van der Waals surface area (Å²) in [6.45, 7) is 6.97. The fraction of sp³-hybridized carbons (Fsp3) is 0.290. The van der Waals surface area contributed by atoms with Gasteiger partial charge in [-0.25, -0.2) is 9.07 Å². The lowest BCUT2D eigenvalue weighted by molar-refractivity contribution is -0.132. The van der Waals surface area contributed by atoms with E-state index >= 15 is 0 Å². The molecule has 1 aliphatic rings. The molecule has 0 saturated carbocycles. The van der Waals surface area contributed by atoms with Gasteiger partial charge < -0.3 is 4.90 Å². The Hall–Kier alpha value is -3.77. The second kappa shape index (κ2) is 11.1. The van der Waals surface area contributed by atoms with Crippen molar-refractivity contribution in [2.24, 2.45) is 0 Å². The molecule has 5 nitrogen and oxygen atoms in total. The van der Waals surface area contributed by atoms with E-state index in [0.717, 1.165) is 48.6 Å². The first-order valence-corrected chi connectivity index (χ1v) is 12.9. The fourth-order valence-electron chi connectivity index (χ4n) is 5.03. The highest BCUT2D eigenvalue weighted by molar-refractivity contribution is 5.79. The standard InChI is InChI=1S/C31H33FN4O/c1-23(2)35(31(37)19-24-9-5-3-6-10-24)22-29-28-21-34(20-25-13-15-26(32)16-14-25)18-17-30(28)36(33-29)27-11-7-4-8-12-27/h3-16,23H,17-22H2,1-2H3. The number of aromatic nitrogens is 2. The van der Waals surface area contributed by atoms with E-state index in [0.29, 0.717) is 13.0 Å². The number of benzene rings is 3. The molecule has 0 fully saturated rings. The highest BCUT2D eigenvalue weighted by Crippen LogP contribution is 2.28. The Balaban J connectivity index is 1.44. The molecule has 4 aromatic rings. The van der Waals surface area contributed by atoms with Crippen molar-refractivity contribution >= 4 is 5.91 Å². The van der Waals surface area contributed by atoms with Gasteiger partial charge in [0.05, 0.1) is 30.0 Å². The molecule has 0 spiro atoms. The first-order valence-electron chi connectivity index (χ1n) is 12.9. The summed E-state index contributed by atoms with van der Waals surface area (Å²) in [5.74, 6) is -0.117. The molecule has 0 radical (unpaired) electrons. The number of halogens is 1. The molecule has 0 N–H and O–H groups in total. The number of carbonyl (C=O) groups is 1. The third-order valence-corrected chi connectivity index (χ3v) is 7.00. The minimum Gasteiger partial charge on any atom is -0.334 e. The molecule has 3 aromatic carbocycles. The lowest BCUT2D eigenvalue weighted by atomic mass is 10.0. The van der Waals surface area contributed by atoms with Crippen molar-refractivity contribution in [3.63, 3.8) is 0 Å². The van der Waals surface area contributed by atoms with E-state index in [1.54, 1.807) is 0 Å². The van der Waals surface area contributed by atoms with Gasteiger partial charge in [0, 0.05) is 37.7 Å². The van der Waals surface area contributed by atoms with Gasteiger partial charge in [-0.05, 0) is 49.2 Å². The molecule has 0 unspecified atom stereocenters. The summed E-state index contributed by atoms with van der Waals surface area (Å²) in [4.78, 5) is 17.7. The Morgan fingerprint density at radius 3 is 2.30 bits per heavy atom. The molecular formula is C31H33FN4O. The van der Waals surface area contributed by atoms with Gasteiger partial charge in [-0.1, -0.05) is 60.7 Å². The molecule has 0 bridgehead atoms. The van der Waals surface area contributed by atoms with E-state index in [-0.39, 0.29) is 17.8 Å². The topological polar surface area (TPSA) is 41.4 Å². The van der Waals surface area contributed by atoms with Gasteiger partial charge in [-0.15, -0.1) is 0 Å². The zero-order chi connectivity index (χ0) is 25.8. The Morgan fingerprint density at radius 2 is 1.62 bits per heavy atom. The Morgan fingerprint density at radius 1 is 0.946 bits per heavy atom. The van der Waals surface area contributed by atoms with Crippen LogP contribution in [0.3, 0.4) is 0 Å². The van der Waals surface area contributed by atoms with Crippen LogP contribution < -0.4 is 0 Å². The molecule has 0 saturated heterocycles. The van der Waals surface area contributed by atoms with Gasteiger partial charge in [-0.3, -0.25) is 9.69 Å². The van der Waals surface area contributed by atoms with Crippen LogP contribution in [-0.4, -0.2) is 38.1 Å². The molecule has 1 amide bonds. The van der Waals surface area contributed by atoms with Crippen molar-refractivity contribution < 1.29 is 9.18 Å². The van der Waals surface area contributed by atoms with Crippen LogP contribution >= 0.6 is 0 Å². The highest BCUT2D eigenvalue weighted by Gasteiger charge is 2.28. The minimum absolute atomic E-state index is 0.0487. The van der Waals surface area contributed by atoms with Gasteiger partial charge in [0.25, 0.3) is 0 Å². The second-order valence-corrected chi connectivity index (χ2v) is 9.98. The van der Waals surface area contributed by atoms with Crippen molar-refractivity contribution in [1.29, 1.82) is 0 Å². The fourth-order valence-corrected chi connectivity index (χ4v) is 5.03. The van der Waals surface area contributed by atoms with Crippen LogP contribution in [0.4, 0.5) is 4.39 Å². The zero-order valence-electron chi connectivity index (χ0n) is 21.5. The average Bonchev–Trinajstić information content (AvgIpc) is 3.27. The van der Waals surface area contributed by atoms with Crippen LogP contribution in [0.2, 0.25) is 0 Å². The predicted molar refractivity (Wildman–Crippen MR) is 144 cm³/mol. The third-order valence-electron chi connectivity index (χ3n) is 7.00. The maximum absolute atomic E-state index is 13.4. The van der Waals surface area contributed by atoms with E-state index in [1.807, 2.05) is 65.6 Å². The summed E-state index contributed by atoms with van der Waals surface area (Å²) in [7, 11) is 0. The molecule has 6 heteroatoms. The maximum atomic E-state index is 13.4. The summed E-state index contributed by atoms with van der Waals surface area (Å²) < 4.78 is 15.5. The van der Waals surface area contributed by atoms with Gasteiger partial charge in [0.2, 0.25) is 5.91 Å². The van der Waals surface area contributed by atoms with Crippen LogP contribution in [-0.2, 0) is 37.3 Å². The molecule has 190 valence electrons. The normalized spacial score (nSPS) is 13.5. The number of hydrogen-bond acceptors (Lipinski definition) is 3. The number of fused-ring (bicyclic) bond motifs is 1. The lowest BCUT2D eigenvalue weighted by Gasteiger charge is -2.29. The number of carbonyl (C=O) groups excluding carboxylic acids is 1. The highest BCUT2D eigenvalue weighted by atomic mass is 19.1. The van der Waals surface area contributed by atoms with Crippen molar-refractivity contribution in [2.45, 2.75) is 52.4 Å². The van der Waals surface area contributed by atoms with Crippen LogP contribution in [0.5, 0.6) is 0 Å². The first kappa shape index (κ1) is 24.9. The predicted octanol–water partition coefficient (Wildman–Crippen LogP) is 5.55. The number of rotatable bonds is 8. The minimum atomic E-state index is -0.218. The molecule has 2 heterocycles. The van der Waals surface area contributed by atoms with Gasteiger partial charge in [0.1, 0.15) is 5.82 Å². The van der Waals surface area contributed by atoms with Crippen molar-refractivity contribution in [3.8, 4) is 5.69 Å². The molecule has 1 aliphatic heterocycles. The summed E-state index contributed by atoms with van der Waals surface area (Å²) in [5.41, 5.74) is 6.47. The van der Waals surface area contributed by atoms with Gasteiger partial charge >= 0.3 is 0 Å². The monoisotopic (exact) mass is 496 g/mol. The number of para-hydroxylation sites is 1. The Kier molecular flexibility index (Phi) is 7.47. The molecular weight excluding hydrogens is 463 g/mol. The number of nitrogens with zero attached hydrogens (tertiary/aromatic N) is 4. The number of hydrogen-bond donors (Lipinski definition) is 0. The summed E-state index contributed by atoms with van der Waals surface area (Å²) in [6.07, 6.45) is 1.23. The van der Waals surface area contributed by atoms with Gasteiger partial charge in [0.15, 0.2) is 0 Å². The molecule has 37 heavy (non-hydrogen) atoms. The Bertz CT molecular complexity index is 1330. The van der Waals surface area contributed by atoms with Crippen LogP contribution in [0.1, 0.15) is 41.9 Å². The first-order chi connectivity index (χ1) is 18.0. The largest absolute Gasteiger partial charge is 0.334 e. The molecule has 1 aromatic heterocycles. The Labute approximate surface area is 218 Å². The third kappa shape index (κ3) is 5.81. The summed E-state index contributed by atoms with van der Waals surface area (Å²) in [5, 5.41) is 5.07. The van der Waals surface area contributed by atoms with Crippen LogP contribution in [0.25, 0.3) is 5.69 Å². The van der Waals surface area contributed by atoms with E-state index in [4.69, 9.17) is 5.10 Å². The van der Waals surface area contributed by atoms with Gasteiger partial charge in [-0.2, -0.15) is 5.10 Å². The smallest absolute Gasteiger partial charge is 0.227 e. The number of amides is 1. The summed E-state index contributed by atoms with van der Waals surface area (Å²) >= 11 is 0. The molecule has 0 atom stereocenters. The summed E-state index contributed by atoms with van der Waals surface area (Å²) in [6, 6.07) is 26.9. The van der Waals surface area contributed by atoms with Crippen molar-refractivity contribution in [3.05, 3.63) is 119 Å². The van der Waals surface area contributed by atoms with E-state index in [2.05, 4.69) is 35.6 Å². The second-order valence-electron chi connectivity index (χ2n) is 9.98. The van der Waals surface area contributed by atoms with Crippen molar-refractivity contribution in [1.82, 2.24) is 19.6 Å². The lowest BCUT2D eigenvalue weighted by Crippen LogP contribution is -2.38. The van der Waals surface area contributed by atoms with Crippen molar-refractivity contribution in [2.75, 3.05) is 6.54 Å². The molecule has 0 aliphatic carbocycles. The maximum Gasteiger partial charge on any atom is 0.227 e. The van der Waals surface area contributed by atoms with Crippen LogP contribution in [0, 0.1) is 5.82 Å². The molecule has 5 rings (SSSR count). The zero-order valence-corrected chi connectivity index (χ0v) is 21.5. The van der Waals surface area contributed by atoms with E-state index in [1.165, 1.54) is 23.4 Å².